The third-order valence-corrected chi connectivity index (χ3v) is 3.61. The second-order valence-corrected chi connectivity index (χ2v) is 5.20. The molecule has 1 heterocycles. The van der Waals surface area contributed by atoms with Crippen molar-refractivity contribution in [3.8, 4) is 5.75 Å². The Labute approximate surface area is 120 Å². The van der Waals surface area contributed by atoms with Crippen molar-refractivity contribution in [2.24, 2.45) is 0 Å². The van der Waals surface area contributed by atoms with E-state index in [-0.39, 0.29) is 29.0 Å². The topological polar surface area (TPSA) is 66.4 Å². The molecule has 1 aliphatic heterocycles. The number of imide groups is 1. The second-order valence-electron chi connectivity index (χ2n) is 4.38. The Balaban J connectivity index is 2.31. The highest BCUT2D eigenvalue weighted by Gasteiger charge is 2.25. The third-order valence-electron chi connectivity index (χ3n) is 2.95. The third kappa shape index (κ3) is 2.91. The lowest BCUT2D eigenvalue weighted by molar-refractivity contribution is -0.124. The maximum Gasteiger partial charge on any atom is 0.254 e. The van der Waals surface area contributed by atoms with Gasteiger partial charge in [-0.1, -0.05) is 28.8 Å². The van der Waals surface area contributed by atoms with Crippen molar-refractivity contribution in [1.29, 1.82) is 0 Å². The van der Waals surface area contributed by atoms with E-state index in [2.05, 4.69) is 5.32 Å². The van der Waals surface area contributed by atoms with E-state index in [0.29, 0.717) is 22.6 Å². The van der Waals surface area contributed by atoms with Crippen LogP contribution in [-0.2, 0) is 16.0 Å². The van der Waals surface area contributed by atoms with Crippen molar-refractivity contribution in [3.05, 3.63) is 38.9 Å². The smallest absolute Gasteiger partial charge is 0.254 e. The molecule has 19 heavy (non-hydrogen) atoms. The van der Waals surface area contributed by atoms with E-state index in [0.717, 1.165) is 5.57 Å². The molecule has 0 spiro atoms. The van der Waals surface area contributed by atoms with E-state index in [9.17, 15) is 14.7 Å². The van der Waals surface area contributed by atoms with E-state index in [1.807, 2.05) is 0 Å². The molecule has 6 heteroatoms. The number of phenols is 1. The van der Waals surface area contributed by atoms with Crippen LogP contribution in [0, 0.1) is 0 Å². The molecule has 1 fully saturated rings. The molecule has 1 aliphatic rings. The molecule has 100 valence electrons. The molecular formula is C13H11Cl2NO3. The number of hydrogen-bond donors (Lipinski definition) is 2. The molecule has 2 N–H and O–H groups in total. The van der Waals surface area contributed by atoms with Crippen LogP contribution in [-0.4, -0.2) is 16.9 Å². The molecule has 1 aromatic carbocycles. The van der Waals surface area contributed by atoms with Crippen LogP contribution >= 0.6 is 23.2 Å². The number of benzene rings is 1. The Bertz CT molecular complexity index is 608. The van der Waals surface area contributed by atoms with Gasteiger partial charge >= 0.3 is 0 Å². The van der Waals surface area contributed by atoms with Gasteiger partial charge in [0.15, 0.2) is 0 Å². The van der Waals surface area contributed by atoms with Gasteiger partial charge in [0.1, 0.15) is 5.75 Å². The van der Waals surface area contributed by atoms with Gasteiger partial charge in [0.05, 0.1) is 11.4 Å². The number of amides is 2. The summed E-state index contributed by atoms with van der Waals surface area (Å²) in [4.78, 5) is 22.7. The van der Waals surface area contributed by atoms with Crippen molar-refractivity contribution in [1.82, 2.24) is 5.32 Å². The molecule has 0 aromatic heterocycles. The number of hydrogen-bond acceptors (Lipinski definition) is 3. The molecule has 1 aromatic rings. The lowest BCUT2D eigenvalue weighted by atomic mass is 10.00. The number of phenolic OH excluding ortho intramolecular Hbond substituents is 1. The minimum atomic E-state index is -0.364. The molecule has 0 bridgehead atoms. The van der Waals surface area contributed by atoms with Crippen molar-refractivity contribution >= 4 is 35.0 Å². The average Bonchev–Trinajstić information content (AvgIpc) is 2.65. The molecule has 1 saturated heterocycles. The van der Waals surface area contributed by atoms with Crippen molar-refractivity contribution < 1.29 is 14.7 Å². The van der Waals surface area contributed by atoms with Crippen LogP contribution < -0.4 is 5.32 Å². The standard InChI is InChI=1S/C13H11Cl2NO3/c1-6(8-4-12(18)16-13(8)19)2-7-3-11(17)10(15)5-9(7)14/h3,5,17H,2,4H2,1H3,(H,16,18,19). The Hall–Kier alpha value is -1.52. The summed E-state index contributed by atoms with van der Waals surface area (Å²) in [6.45, 7) is 1.76. The molecule has 0 unspecified atom stereocenters. The number of carbonyl (C=O) groups is 2. The summed E-state index contributed by atoms with van der Waals surface area (Å²) in [5.41, 5.74) is 1.85. The van der Waals surface area contributed by atoms with Gasteiger partial charge in [-0.3, -0.25) is 14.9 Å². The first kappa shape index (κ1) is 13.9. The van der Waals surface area contributed by atoms with Gasteiger partial charge < -0.3 is 5.11 Å². The van der Waals surface area contributed by atoms with Gasteiger partial charge in [0, 0.05) is 10.6 Å². The van der Waals surface area contributed by atoms with Gasteiger partial charge in [-0.2, -0.15) is 0 Å². The van der Waals surface area contributed by atoms with E-state index in [1.54, 1.807) is 6.92 Å². The van der Waals surface area contributed by atoms with Crippen LogP contribution in [0.5, 0.6) is 5.75 Å². The van der Waals surface area contributed by atoms with E-state index >= 15 is 0 Å². The zero-order valence-corrected chi connectivity index (χ0v) is 11.6. The highest BCUT2D eigenvalue weighted by Crippen LogP contribution is 2.32. The Kier molecular flexibility index (Phi) is 3.83. The molecule has 0 radical (unpaired) electrons. The lowest BCUT2D eigenvalue weighted by Gasteiger charge is -2.08. The fraction of sp³-hybridized carbons (Fsp3) is 0.231. The summed E-state index contributed by atoms with van der Waals surface area (Å²) in [5, 5.41) is 12.4. The number of rotatable bonds is 2. The Morgan fingerprint density at radius 1 is 1.32 bits per heavy atom. The maximum atomic E-state index is 11.5. The molecule has 2 amide bonds. The zero-order chi connectivity index (χ0) is 14.2. The first-order valence-corrected chi connectivity index (χ1v) is 6.33. The van der Waals surface area contributed by atoms with Crippen molar-refractivity contribution in [2.45, 2.75) is 19.8 Å². The van der Waals surface area contributed by atoms with Gasteiger partial charge in [0.25, 0.3) is 5.91 Å². The highest BCUT2D eigenvalue weighted by molar-refractivity contribution is 6.36. The van der Waals surface area contributed by atoms with E-state index < -0.39 is 0 Å². The first-order chi connectivity index (χ1) is 8.88. The molecule has 4 nitrogen and oxygen atoms in total. The number of nitrogens with one attached hydrogen (secondary N) is 1. The van der Waals surface area contributed by atoms with E-state index in [1.165, 1.54) is 12.1 Å². The van der Waals surface area contributed by atoms with Crippen LogP contribution in [0.1, 0.15) is 18.9 Å². The fourth-order valence-corrected chi connectivity index (χ4v) is 2.39. The maximum absolute atomic E-state index is 11.5. The van der Waals surface area contributed by atoms with Gasteiger partial charge in [-0.25, -0.2) is 0 Å². The summed E-state index contributed by atoms with van der Waals surface area (Å²) >= 11 is 11.8. The minimum absolute atomic E-state index is 0.0641. The Morgan fingerprint density at radius 3 is 2.58 bits per heavy atom. The monoisotopic (exact) mass is 299 g/mol. The number of allylic oxidation sites excluding steroid dienone is 1. The van der Waals surface area contributed by atoms with Crippen molar-refractivity contribution in [3.63, 3.8) is 0 Å². The minimum Gasteiger partial charge on any atom is -0.506 e. The number of halogens is 2. The van der Waals surface area contributed by atoms with Crippen LogP contribution in [0.4, 0.5) is 0 Å². The summed E-state index contributed by atoms with van der Waals surface area (Å²) in [6.07, 6.45) is 0.460. The lowest BCUT2D eigenvalue weighted by Crippen LogP contribution is -2.19. The summed E-state index contributed by atoms with van der Waals surface area (Å²) in [5.74, 6) is -0.730. The summed E-state index contributed by atoms with van der Waals surface area (Å²) in [7, 11) is 0. The molecule has 2 rings (SSSR count). The SMILES string of the molecule is CC(Cc1cc(O)c(Cl)cc1Cl)=C1CC(=O)NC1=O. The molecular weight excluding hydrogens is 289 g/mol. The van der Waals surface area contributed by atoms with Crippen LogP contribution in [0.3, 0.4) is 0 Å². The summed E-state index contributed by atoms with van der Waals surface area (Å²) < 4.78 is 0. The highest BCUT2D eigenvalue weighted by atomic mass is 35.5. The normalized spacial score (nSPS) is 17.6. The predicted octanol–water partition coefficient (Wildman–Crippen LogP) is 2.60. The van der Waals surface area contributed by atoms with Gasteiger partial charge in [-0.05, 0) is 31.0 Å². The number of carbonyl (C=O) groups excluding carboxylic acids is 2. The van der Waals surface area contributed by atoms with Crippen molar-refractivity contribution in [2.75, 3.05) is 0 Å². The quantitative estimate of drug-likeness (QED) is 0.651. The van der Waals surface area contributed by atoms with E-state index in [4.69, 9.17) is 23.2 Å². The molecule has 0 aliphatic carbocycles. The second kappa shape index (κ2) is 5.23. The largest absolute Gasteiger partial charge is 0.506 e. The molecule has 0 saturated carbocycles. The Morgan fingerprint density at radius 2 is 2.00 bits per heavy atom. The van der Waals surface area contributed by atoms with Gasteiger partial charge in [0.2, 0.25) is 5.91 Å². The zero-order valence-electron chi connectivity index (χ0n) is 10.1. The average molecular weight is 300 g/mol. The predicted molar refractivity (Wildman–Crippen MR) is 72.3 cm³/mol. The summed E-state index contributed by atoms with van der Waals surface area (Å²) in [6, 6.07) is 2.91. The fourth-order valence-electron chi connectivity index (χ4n) is 1.94. The first-order valence-electron chi connectivity index (χ1n) is 5.58. The van der Waals surface area contributed by atoms with Gasteiger partial charge in [-0.15, -0.1) is 0 Å². The van der Waals surface area contributed by atoms with Crippen LogP contribution in [0.25, 0.3) is 0 Å². The number of aromatic hydroxyl groups is 1. The van der Waals surface area contributed by atoms with Crippen LogP contribution in [0.15, 0.2) is 23.3 Å². The molecule has 0 atom stereocenters. The van der Waals surface area contributed by atoms with Crippen LogP contribution in [0.2, 0.25) is 10.0 Å².